The number of carbonyl (C=O) groups excluding carboxylic acids is 3. The number of hydrogen-bond donors (Lipinski definition) is 1. The monoisotopic (exact) mass is 322 g/mol. The van der Waals surface area contributed by atoms with Crippen LogP contribution in [0.4, 0.5) is 10.5 Å². The van der Waals surface area contributed by atoms with Crippen molar-refractivity contribution in [3.63, 3.8) is 0 Å². The first-order chi connectivity index (χ1) is 10.5. The van der Waals surface area contributed by atoms with Gasteiger partial charge in [0, 0.05) is 23.9 Å². The van der Waals surface area contributed by atoms with Gasteiger partial charge in [0.15, 0.2) is 17.3 Å². The van der Waals surface area contributed by atoms with Crippen molar-refractivity contribution in [2.75, 3.05) is 31.0 Å². The molecular weight excluding hydrogens is 308 g/mol. The Morgan fingerprint density at radius 2 is 2.05 bits per heavy atom. The summed E-state index contributed by atoms with van der Waals surface area (Å²) in [5.74, 6) is 1.11. The van der Waals surface area contributed by atoms with E-state index in [-0.39, 0.29) is 30.3 Å². The van der Waals surface area contributed by atoms with Crippen molar-refractivity contribution >= 4 is 34.4 Å². The highest BCUT2D eigenvalue weighted by Crippen LogP contribution is 2.37. The minimum absolute atomic E-state index is 0.0301. The fourth-order valence-electron chi connectivity index (χ4n) is 2.27. The van der Waals surface area contributed by atoms with Crippen LogP contribution in [0.1, 0.15) is 17.3 Å². The molecule has 0 bridgehead atoms. The van der Waals surface area contributed by atoms with Gasteiger partial charge in [0.25, 0.3) is 5.24 Å². The molecule has 3 rings (SSSR count). The van der Waals surface area contributed by atoms with Crippen molar-refractivity contribution in [1.29, 1.82) is 0 Å². The van der Waals surface area contributed by atoms with Crippen LogP contribution in [-0.4, -0.2) is 47.5 Å². The Kier molecular flexibility index (Phi) is 3.93. The zero-order valence-corrected chi connectivity index (χ0v) is 12.7. The van der Waals surface area contributed by atoms with Crippen molar-refractivity contribution < 1.29 is 23.9 Å². The van der Waals surface area contributed by atoms with Crippen LogP contribution in [0, 0.1) is 0 Å². The number of rotatable bonds is 4. The van der Waals surface area contributed by atoms with E-state index < -0.39 is 0 Å². The molecule has 0 aliphatic carbocycles. The number of carbonyl (C=O) groups is 3. The van der Waals surface area contributed by atoms with Crippen LogP contribution in [0.5, 0.6) is 11.5 Å². The Bertz CT molecular complexity index is 661. The summed E-state index contributed by atoms with van der Waals surface area (Å²) in [7, 11) is 0. The Morgan fingerprint density at radius 1 is 1.32 bits per heavy atom. The number of anilines is 1. The fraction of sp³-hybridized carbons (Fsp3) is 0.357. The standard InChI is InChI=1S/C14H14N2O5S/c1-8(17)9-4-11-12(21-7-20-11)5-10(9)15-13(18)6-16-2-3-22-14(16)19/h4-5H,2-3,6-7H2,1H3,(H,15,18). The molecular formula is C14H14N2O5S. The highest BCUT2D eigenvalue weighted by atomic mass is 32.2. The summed E-state index contributed by atoms with van der Waals surface area (Å²) < 4.78 is 10.5. The van der Waals surface area contributed by atoms with Gasteiger partial charge in [0.2, 0.25) is 12.7 Å². The molecule has 2 amide bonds. The van der Waals surface area contributed by atoms with E-state index in [9.17, 15) is 14.4 Å². The van der Waals surface area contributed by atoms with E-state index in [1.807, 2.05) is 0 Å². The third kappa shape index (κ3) is 2.87. The smallest absolute Gasteiger partial charge is 0.282 e. The zero-order chi connectivity index (χ0) is 15.7. The third-order valence-electron chi connectivity index (χ3n) is 3.35. The number of nitrogens with one attached hydrogen (secondary N) is 1. The van der Waals surface area contributed by atoms with Gasteiger partial charge in [-0.3, -0.25) is 14.4 Å². The predicted octanol–water partition coefficient (Wildman–Crippen LogP) is 1.73. The number of ether oxygens (including phenoxy) is 2. The summed E-state index contributed by atoms with van der Waals surface area (Å²) in [6, 6.07) is 3.12. The van der Waals surface area contributed by atoms with Crippen LogP contribution < -0.4 is 14.8 Å². The first kappa shape index (κ1) is 14.7. The molecule has 0 saturated carbocycles. The predicted molar refractivity (Wildman–Crippen MR) is 80.6 cm³/mol. The molecule has 2 aliphatic heterocycles. The molecule has 2 aliphatic rings. The van der Waals surface area contributed by atoms with Crippen LogP contribution >= 0.6 is 11.8 Å². The van der Waals surface area contributed by atoms with E-state index in [1.165, 1.54) is 23.6 Å². The zero-order valence-electron chi connectivity index (χ0n) is 11.9. The highest BCUT2D eigenvalue weighted by molar-refractivity contribution is 8.13. The number of ketones is 1. The molecule has 0 radical (unpaired) electrons. The summed E-state index contributed by atoms with van der Waals surface area (Å²) in [5, 5.41) is 2.57. The van der Waals surface area contributed by atoms with E-state index in [4.69, 9.17) is 9.47 Å². The second-order valence-electron chi connectivity index (χ2n) is 4.89. The van der Waals surface area contributed by atoms with Gasteiger partial charge in [-0.2, -0.15) is 0 Å². The Hall–Kier alpha value is -2.22. The summed E-state index contributed by atoms with van der Waals surface area (Å²) in [6.07, 6.45) is 0. The molecule has 2 heterocycles. The molecule has 0 spiro atoms. The number of Topliss-reactive ketones (excluding diaryl/α,β-unsaturated/α-hetero) is 1. The molecule has 1 aromatic carbocycles. The summed E-state index contributed by atoms with van der Waals surface area (Å²) in [4.78, 5) is 36.8. The minimum Gasteiger partial charge on any atom is -0.454 e. The van der Waals surface area contributed by atoms with Crippen molar-refractivity contribution in [1.82, 2.24) is 4.90 Å². The second-order valence-corrected chi connectivity index (χ2v) is 5.94. The fourth-order valence-corrected chi connectivity index (χ4v) is 3.09. The van der Waals surface area contributed by atoms with E-state index >= 15 is 0 Å². The third-order valence-corrected chi connectivity index (χ3v) is 4.24. The maximum Gasteiger partial charge on any atom is 0.282 e. The van der Waals surface area contributed by atoms with Crippen molar-refractivity contribution in [2.24, 2.45) is 0 Å². The van der Waals surface area contributed by atoms with Gasteiger partial charge >= 0.3 is 0 Å². The average molecular weight is 322 g/mol. The van der Waals surface area contributed by atoms with Crippen LogP contribution in [0.15, 0.2) is 12.1 Å². The molecule has 0 unspecified atom stereocenters. The summed E-state index contributed by atoms with van der Waals surface area (Å²) in [5.41, 5.74) is 0.709. The SMILES string of the molecule is CC(=O)c1cc2c(cc1NC(=O)CN1CCSC1=O)OCO2. The lowest BCUT2D eigenvalue weighted by Crippen LogP contribution is -2.33. The number of thioether (sulfide) groups is 1. The molecule has 8 heteroatoms. The van der Waals surface area contributed by atoms with Crippen molar-refractivity contribution in [2.45, 2.75) is 6.92 Å². The Labute approximate surface area is 130 Å². The number of fused-ring (bicyclic) bond motifs is 1. The highest BCUT2D eigenvalue weighted by Gasteiger charge is 2.25. The summed E-state index contributed by atoms with van der Waals surface area (Å²) in [6.45, 7) is 2.02. The summed E-state index contributed by atoms with van der Waals surface area (Å²) >= 11 is 1.19. The normalized spacial score (nSPS) is 16.0. The number of hydrogen-bond acceptors (Lipinski definition) is 6. The minimum atomic E-state index is -0.350. The molecule has 116 valence electrons. The molecule has 0 atom stereocenters. The van der Waals surface area contributed by atoms with Gasteiger partial charge in [-0.05, 0) is 13.0 Å². The molecule has 1 saturated heterocycles. The number of nitrogens with zero attached hydrogens (tertiary/aromatic N) is 1. The molecule has 22 heavy (non-hydrogen) atoms. The van der Waals surface area contributed by atoms with E-state index in [1.54, 1.807) is 12.1 Å². The number of benzene rings is 1. The van der Waals surface area contributed by atoms with Crippen LogP contribution in [0.2, 0.25) is 0 Å². The van der Waals surface area contributed by atoms with Gasteiger partial charge < -0.3 is 19.7 Å². The van der Waals surface area contributed by atoms with Gasteiger partial charge in [-0.25, -0.2) is 0 Å². The quantitative estimate of drug-likeness (QED) is 0.850. The van der Waals surface area contributed by atoms with Crippen molar-refractivity contribution in [3.05, 3.63) is 17.7 Å². The lowest BCUT2D eigenvalue weighted by molar-refractivity contribution is -0.116. The number of amides is 2. The van der Waals surface area contributed by atoms with Crippen molar-refractivity contribution in [3.8, 4) is 11.5 Å². The first-order valence-corrected chi connectivity index (χ1v) is 7.69. The van der Waals surface area contributed by atoms with Crippen LogP contribution in [0.3, 0.4) is 0 Å². The van der Waals surface area contributed by atoms with Gasteiger partial charge in [-0.15, -0.1) is 0 Å². The van der Waals surface area contributed by atoms with Gasteiger partial charge in [0.05, 0.1) is 5.69 Å². The van der Waals surface area contributed by atoms with Gasteiger partial charge in [-0.1, -0.05) is 11.8 Å². The lowest BCUT2D eigenvalue weighted by atomic mass is 10.1. The van der Waals surface area contributed by atoms with Crippen LogP contribution in [-0.2, 0) is 4.79 Å². The van der Waals surface area contributed by atoms with E-state index in [2.05, 4.69) is 5.32 Å². The van der Waals surface area contributed by atoms with E-state index in [0.717, 1.165) is 0 Å². The average Bonchev–Trinajstić information content (AvgIpc) is 3.07. The first-order valence-electron chi connectivity index (χ1n) is 6.71. The largest absolute Gasteiger partial charge is 0.454 e. The van der Waals surface area contributed by atoms with Gasteiger partial charge in [0.1, 0.15) is 6.54 Å². The maximum absolute atomic E-state index is 12.1. The molecule has 1 fully saturated rings. The maximum atomic E-state index is 12.1. The second kappa shape index (κ2) is 5.88. The molecule has 7 nitrogen and oxygen atoms in total. The van der Waals surface area contributed by atoms with Crippen LogP contribution in [0.25, 0.3) is 0 Å². The molecule has 1 aromatic rings. The molecule has 1 N–H and O–H groups in total. The van der Waals surface area contributed by atoms with E-state index in [0.29, 0.717) is 35.0 Å². The Balaban J connectivity index is 1.77. The Morgan fingerprint density at radius 3 is 2.68 bits per heavy atom. The molecule has 0 aromatic heterocycles. The topological polar surface area (TPSA) is 84.9 Å². The lowest BCUT2D eigenvalue weighted by Gasteiger charge is -2.15.